The lowest BCUT2D eigenvalue weighted by molar-refractivity contribution is 1.37. The van der Waals surface area contributed by atoms with Crippen molar-refractivity contribution in [1.82, 2.24) is 0 Å². The summed E-state index contributed by atoms with van der Waals surface area (Å²) in [6, 6.07) is 15.6. The van der Waals surface area contributed by atoms with E-state index in [1.807, 2.05) is 42.5 Å². The first-order valence-corrected chi connectivity index (χ1v) is 6.23. The molecular formula is C13H11ClN2S. The Kier molecular flexibility index (Phi) is 3.71. The van der Waals surface area contributed by atoms with E-state index in [-0.39, 0.29) is 5.84 Å². The Morgan fingerprint density at radius 3 is 2.35 bits per heavy atom. The van der Waals surface area contributed by atoms with Crippen LogP contribution in [0.25, 0.3) is 0 Å². The third kappa shape index (κ3) is 3.02. The summed E-state index contributed by atoms with van der Waals surface area (Å²) in [6.45, 7) is 0. The number of hydrogen-bond acceptors (Lipinski definition) is 2. The highest BCUT2D eigenvalue weighted by Crippen LogP contribution is 2.30. The van der Waals surface area contributed by atoms with Crippen LogP contribution in [0, 0.1) is 5.41 Å². The second-order valence-electron chi connectivity index (χ2n) is 3.47. The Hall–Kier alpha value is -1.45. The summed E-state index contributed by atoms with van der Waals surface area (Å²) in [6.07, 6.45) is 0. The third-order valence-corrected chi connectivity index (χ3v) is 3.52. The number of hydrogen-bond donors (Lipinski definition) is 2. The molecule has 0 aliphatic heterocycles. The van der Waals surface area contributed by atoms with E-state index in [9.17, 15) is 0 Å². The van der Waals surface area contributed by atoms with Crippen LogP contribution in [0.2, 0.25) is 5.02 Å². The molecule has 0 aromatic heterocycles. The van der Waals surface area contributed by atoms with Crippen molar-refractivity contribution >= 4 is 29.2 Å². The fourth-order valence-electron chi connectivity index (χ4n) is 1.40. The second-order valence-corrected chi connectivity index (χ2v) is 5.02. The van der Waals surface area contributed by atoms with E-state index in [4.69, 9.17) is 22.7 Å². The lowest BCUT2D eigenvalue weighted by Crippen LogP contribution is -2.11. The zero-order chi connectivity index (χ0) is 12.3. The average Bonchev–Trinajstić information content (AvgIpc) is 2.30. The van der Waals surface area contributed by atoms with Gasteiger partial charge in [0.15, 0.2) is 0 Å². The smallest absolute Gasteiger partial charge is 0.124 e. The molecule has 0 saturated carbocycles. The van der Waals surface area contributed by atoms with Crippen LogP contribution < -0.4 is 5.73 Å². The average molecular weight is 263 g/mol. The molecule has 3 N–H and O–H groups in total. The molecule has 2 nitrogen and oxygen atoms in total. The minimum Gasteiger partial charge on any atom is -0.384 e. The topological polar surface area (TPSA) is 49.9 Å². The number of rotatable bonds is 3. The minimum atomic E-state index is -0.00809. The maximum Gasteiger partial charge on any atom is 0.124 e. The predicted octanol–water partition coefficient (Wildman–Crippen LogP) is 3.78. The molecule has 4 heteroatoms. The Morgan fingerprint density at radius 1 is 1.06 bits per heavy atom. The molecule has 0 aliphatic carbocycles. The van der Waals surface area contributed by atoms with Crippen molar-refractivity contribution in [3.05, 3.63) is 59.1 Å². The minimum absolute atomic E-state index is 0.00809. The summed E-state index contributed by atoms with van der Waals surface area (Å²) in [5, 5.41) is 7.87. The molecule has 0 atom stereocenters. The lowest BCUT2D eigenvalue weighted by Gasteiger charge is -2.05. The van der Waals surface area contributed by atoms with E-state index in [1.165, 1.54) is 0 Å². The molecule has 0 heterocycles. The van der Waals surface area contributed by atoms with Gasteiger partial charge in [0.05, 0.1) is 5.02 Å². The molecule has 0 fully saturated rings. The first kappa shape index (κ1) is 12.0. The molecule has 0 bridgehead atoms. The van der Waals surface area contributed by atoms with Crippen LogP contribution in [-0.4, -0.2) is 5.84 Å². The molecule has 0 spiro atoms. The van der Waals surface area contributed by atoms with Gasteiger partial charge < -0.3 is 5.73 Å². The number of nitrogens with one attached hydrogen (secondary N) is 1. The van der Waals surface area contributed by atoms with E-state index < -0.39 is 0 Å². The van der Waals surface area contributed by atoms with Crippen molar-refractivity contribution in [2.45, 2.75) is 9.79 Å². The highest BCUT2D eigenvalue weighted by Gasteiger charge is 2.05. The summed E-state index contributed by atoms with van der Waals surface area (Å²) in [5.74, 6) is -0.00809. The first-order valence-electron chi connectivity index (χ1n) is 5.03. The summed E-state index contributed by atoms with van der Waals surface area (Å²) in [4.78, 5) is 2.19. The van der Waals surface area contributed by atoms with Gasteiger partial charge in [0.1, 0.15) is 5.84 Å². The molecule has 2 rings (SSSR count). The number of nitrogen functional groups attached to an aromatic ring is 1. The quantitative estimate of drug-likeness (QED) is 0.653. The summed E-state index contributed by atoms with van der Waals surface area (Å²) < 4.78 is 0. The maximum atomic E-state index is 7.35. The van der Waals surface area contributed by atoms with Crippen molar-refractivity contribution in [3.8, 4) is 0 Å². The molecule has 17 heavy (non-hydrogen) atoms. The van der Waals surface area contributed by atoms with Crippen LogP contribution in [0.5, 0.6) is 0 Å². The van der Waals surface area contributed by atoms with E-state index in [1.54, 1.807) is 17.8 Å². The predicted molar refractivity (Wildman–Crippen MR) is 73.0 cm³/mol. The van der Waals surface area contributed by atoms with E-state index in [0.717, 1.165) is 9.79 Å². The highest BCUT2D eigenvalue weighted by atomic mass is 35.5. The van der Waals surface area contributed by atoms with E-state index in [2.05, 4.69) is 0 Å². The fraction of sp³-hybridized carbons (Fsp3) is 0. The van der Waals surface area contributed by atoms with Gasteiger partial charge in [0.25, 0.3) is 0 Å². The van der Waals surface area contributed by atoms with Crippen LogP contribution >= 0.6 is 23.4 Å². The van der Waals surface area contributed by atoms with Crippen LogP contribution in [0.1, 0.15) is 5.56 Å². The third-order valence-electron chi connectivity index (χ3n) is 2.21. The maximum absolute atomic E-state index is 7.35. The summed E-state index contributed by atoms with van der Waals surface area (Å²) >= 11 is 7.68. The van der Waals surface area contributed by atoms with E-state index in [0.29, 0.717) is 10.6 Å². The van der Waals surface area contributed by atoms with Gasteiger partial charge in [-0.15, -0.1) is 0 Å². The lowest BCUT2D eigenvalue weighted by atomic mass is 10.2. The summed E-state index contributed by atoms with van der Waals surface area (Å²) in [5.41, 5.74) is 5.98. The Morgan fingerprint density at radius 2 is 1.76 bits per heavy atom. The number of nitrogens with two attached hydrogens (primary N) is 1. The molecule has 2 aromatic carbocycles. The van der Waals surface area contributed by atoms with Crippen molar-refractivity contribution in [3.63, 3.8) is 0 Å². The Bertz CT molecular complexity index is 540. The standard InChI is InChI=1S/C13H11ClN2S/c14-12-8-10(6-7-11(12)13(15)16)17-9-4-2-1-3-5-9/h1-8H,(H3,15,16). The molecule has 0 unspecified atom stereocenters. The van der Waals surface area contributed by atoms with Crippen molar-refractivity contribution < 1.29 is 0 Å². The van der Waals surface area contributed by atoms with Crippen LogP contribution in [0.15, 0.2) is 58.3 Å². The Balaban J connectivity index is 2.24. The molecule has 0 aliphatic rings. The molecule has 0 radical (unpaired) electrons. The van der Waals surface area contributed by atoms with Gasteiger partial charge in [-0.25, -0.2) is 0 Å². The Labute approximate surface area is 109 Å². The second kappa shape index (κ2) is 5.25. The fourth-order valence-corrected chi connectivity index (χ4v) is 2.63. The van der Waals surface area contributed by atoms with Gasteiger partial charge in [0, 0.05) is 15.4 Å². The van der Waals surface area contributed by atoms with Crippen molar-refractivity contribution in [2.24, 2.45) is 5.73 Å². The SMILES string of the molecule is N=C(N)c1ccc(Sc2ccccc2)cc1Cl. The van der Waals surface area contributed by atoms with Gasteiger partial charge in [-0.3, -0.25) is 5.41 Å². The van der Waals surface area contributed by atoms with Gasteiger partial charge in [-0.05, 0) is 30.3 Å². The highest BCUT2D eigenvalue weighted by molar-refractivity contribution is 7.99. The number of benzene rings is 2. The van der Waals surface area contributed by atoms with Crippen LogP contribution in [-0.2, 0) is 0 Å². The normalized spacial score (nSPS) is 10.2. The zero-order valence-corrected chi connectivity index (χ0v) is 10.6. The van der Waals surface area contributed by atoms with Crippen LogP contribution in [0.4, 0.5) is 0 Å². The van der Waals surface area contributed by atoms with E-state index >= 15 is 0 Å². The largest absolute Gasteiger partial charge is 0.384 e. The van der Waals surface area contributed by atoms with Gasteiger partial charge in [-0.2, -0.15) is 0 Å². The molecule has 2 aromatic rings. The molecular weight excluding hydrogens is 252 g/mol. The zero-order valence-electron chi connectivity index (χ0n) is 8.98. The molecule has 0 saturated heterocycles. The number of halogens is 1. The first-order chi connectivity index (χ1) is 8.16. The van der Waals surface area contributed by atoms with Crippen LogP contribution in [0.3, 0.4) is 0 Å². The van der Waals surface area contributed by atoms with Gasteiger partial charge >= 0.3 is 0 Å². The number of amidine groups is 1. The van der Waals surface area contributed by atoms with Gasteiger partial charge in [0.2, 0.25) is 0 Å². The molecule has 0 amide bonds. The van der Waals surface area contributed by atoms with Crippen molar-refractivity contribution in [1.29, 1.82) is 5.41 Å². The summed E-state index contributed by atoms with van der Waals surface area (Å²) in [7, 11) is 0. The van der Waals surface area contributed by atoms with Crippen molar-refractivity contribution in [2.75, 3.05) is 0 Å². The van der Waals surface area contributed by atoms with Gasteiger partial charge in [-0.1, -0.05) is 41.6 Å². The monoisotopic (exact) mass is 262 g/mol. The molecule has 86 valence electrons.